The number of nitriles is 1. The van der Waals surface area contributed by atoms with Crippen LogP contribution in [-0.2, 0) is 4.79 Å². The molecule has 0 radical (unpaired) electrons. The maximum atomic E-state index is 10.2. The molecule has 0 atom stereocenters. The molecule has 0 amide bonds. The van der Waals surface area contributed by atoms with Gasteiger partial charge >= 0.3 is 0 Å². The van der Waals surface area contributed by atoms with Crippen molar-refractivity contribution in [2.45, 2.75) is 26.7 Å². The van der Waals surface area contributed by atoms with Crippen LogP contribution in [0.5, 0.6) is 0 Å². The Morgan fingerprint density at radius 2 is 1.90 bits per heavy atom. The Hall–Kier alpha value is -1.10. The van der Waals surface area contributed by atoms with Crippen LogP contribution in [0, 0.1) is 11.3 Å². The van der Waals surface area contributed by atoms with Gasteiger partial charge in [-0.05, 0) is 0 Å². The molecule has 0 aliphatic rings. The van der Waals surface area contributed by atoms with Crippen LogP contribution in [0.1, 0.15) is 26.7 Å². The van der Waals surface area contributed by atoms with Crippen LogP contribution in [0.15, 0.2) is 12.7 Å². The van der Waals surface area contributed by atoms with Crippen LogP contribution in [-0.4, -0.2) is 5.78 Å². The summed E-state index contributed by atoms with van der Waals surface area (Å²) in [7, 11) is 0. The highest BCUT2D eigenvalue weighted by molar-refractivity contribution is 5.77. The van der Waals surface area contributed by atoms with Crippen LogP contribution < -0.4 is 0 Å². The Labute approximate surface area is 62.2 Å². The number of ketones is 1. The molecule has 0 heterocycles. The summed E-state index contributed by atoms with van der Waals surface area (Å²) in [5.41, 5.74) is 0. The van der Waals surface area contributed by atoms with Crippen LogP contribution in [0.4, 0.5) is 0 Å². The summed E-state index contributed by atoms with van der Waals surface area (Å²) < 4.78 is 0. The van der Waals surface area contributed by atoms with E-state index in [-0.39, 0.29) is 0 Å². The topological polar surface area (TPSA) is 40.9 Å². The van der Waals surface area contributed by atoms with Crippen molar-refractivity contribution in [2.24, 2.45) is 0 Å². The number of carbonyl (C=O) groups excluding carboxylic acids is 1. The Balaban J connectivity index is 0. The van der Waals surface area contributed by atoms with Gasteiger partial charge in [-0.3, -0.25) is 4.79 Å². The standard InChI is InChI=1S/C5H10O.C3H3N/c1-3-5(6)4-2;1-2-3-4/h3-4H2,1-2H3;2H,1H2. The Morgan fingerprint density at radius 1 is 1.60 bits per heavy atom. The van der Waals surface area contributed by atoms with Crippen molar-refractivity contribution in [1.29, 1.82) is 5.26 Å². The third-order valence-electron chi connectivity index (χ3n) is 0.880. The zero-order valence-corrected chi connectivity index (χ0v) is 6.55. The predicted octanol–water partition coefficient (Wildman–Crippen LogP) is 2.07. The van der Waals surface area contributed by atoms with Gasteiger partial charge in [-0.15, -0.1) is 0 Å². The molecule has 0 aromatic rings. The van der Waals surface area contributed by atoms with Crippen molar-refractivity contribution in [3.63, 3.8) is 0 Å². The number of nitrogens with zero attached hydrogens (tertiary/aromatic N) is 1. The molecule has 10 heavy (non-hydrogen) atoms. The van der Waals surface area contributed by atoms with Crippen molar-refractivity contribution >= 4 is 5.78 Å². The fraction of sp³-hybridized carbons (Fsp3) is 0.500. The first-order valence-corrected chi connectivity index (χ1v) is 3.25. The number of Topliss-reactive ketones (excluding diaryl/α,β-unsaturated/α-hetero) is 1. The van der Waals surface area contributed by atoms with E-state index in [0.717, 1.165) is 0 Å². The normalized spacial score (nSPS) is 6.50. The number of allylic oxidation sites excluding steroid dienone is 1. The van der Waals surface area contributed by atoms with Gasteiger partial charge in [-0.1, -0.05) is 20.4 Å². The number of rotatable bonds is 2. The monoisotopic (exact) mass is 139 g/mol. The molecule has 56 valence electrons. The Kier molecular flexibility index (Phi) is 12.6. The van der Waals surface area contributed by atoms with Gasteiger partial charge in [0.25, 0.3) is 0 Å². The zero-order chi connectivity index (χ0) is 8.41. The second-order valence-corrected chi connectivity index (χ2v) is 1.58. The molecule has 0 aromatic carbocycles. The molecule has 0 bridgehead atoms. The first-order valence-electron chi connectivity index (χ1n) is 3.25. The lowest BCUT2D eigenvalue weighted by atomic mass is 10.3. The minimum atomic E-state index is 0.343. The Bertz CT molecular complexity index is 127. The van der Waals surface area contributed by atoms with Crippen LogP contribution in [0.3, 0.4) is 0 Å². The number of carbonyl (C=O) groups is 1. The van der Waals surface area contributed by atoms with Gasteiger partial charge in [0.15, 0.2) is 0 Å². The minimum Gasteiger partial charge on any atom is -0.300 e. The lowest BCUT2D eigenvalue weighted by Gasteiger charge is -1.81. The van der Waals surface area contributed by atoms with Crippen molar-refractivity contribution < 1.29 is 4.79 Å². The molecule has 2 heteroatoms. The van der Waals surface area contributed by atoms with E-state index in [2.05, 4.69) is 6.58 Å². The summed E-state index contributed by atoms with van der Waals surface area (Å²) in [6.07, 6.45) is 2.56. The zero-order valence-electron chi connectivity index (χ0n) is 6.55. The molecule has 0 saturated carbocycles. The maximum absolute atomic E-state index is 10.2. The Morgan fingerprint density at radius 3 is 1.90 bits per heavy atom. The van der Waals surface area contributed by atoms with Gasteiger partial charge in [0.05, 0.1) is 6.07 Å². The van der Waals surface area contributed by atoms with Gasteiger partial charge in [0, 0.05) is 18.9 Å². The third-order valence-corrected chi connectivity index (χ3v) is 0.880. The van der Waals surface area contributed by atoms with Gasteiger partial charge in [0.2, 0.25) is 0 Å². The maximum Gasteiger partial charge on any atom is 0.132 e. The first kappa shape index (κ1) is 11.7. The quantitative estimate of drug-likeness (QED) is 0.549. The predicted molar refractivity (Wildman–Crippen MR) is 41.4 cm³/mol. The summed E-state index contributed by atoms with van der Waals surface area (Å²) in [5, 5.41) is 7.51. The van der Waals surface area contributed by atoms with E-state index in [9.17, 15) is 4.79 Å². The van der Waals surface area contributed by atoms with E-state index in [1.165, 1.54) is 6.08 Å². The van der Waals surface area contributed by atoms with E-state index >= 15 is 0 Å². The summed E-state index contributed by atoms with van der Waals surface area (Å²) in [6.45, 7) is 6.88. The molecule has 0 fully saturated rings. The van der Waals surface area contributed by atoms with Crippen LogP contribution in [0.25, 0.3) is 0 Å². The lowest BCUT2D eigenvalue weighted by molar-refractivity contribution is -0.118. The molecule has 0 aromatic heterocycles. The highest BCUT2D eigenvalue weighted by Gasteiger charge is 1.86. The fourth-order valence-corrected chi connectivity index (χ4v) is 0.250. The highest BCUT2D eigenvalue weighted by Crippen LogP contribution is 1.82. The van der Waals surface area contributed by atoms with E-state index in [4.69, 9.17) is 5.26 Å². The van der Waals surface area contributed by atoms with Crippen LogP contribution in [0.2, 0.25) is 0 Å². The molecule has 2 nitrogen and oxygen atoms in total. The molecular formula is C8H13NO. The van der Waals surface area contributed by atoms with Gasteiger partial charge in [0.1, 0.15) is 5.78 Å². The molecule has 0 saturated heterocycles. The summed E-state index contributed by atoms with van der Waals surface area (Å²) >= 11 is 0. The number of hydrogen-bond acceptors (Lipinski definition) is 2. The van der Waals surface area contributed by atoms with E-state index < -0.39 is 0 Å². The van der Waals surface area contributed by atoms with Gasteiger partial charge in [-0.2, -0.15) is 5.26 Å². The molecule has 0 N–H and O–H groups in total. The average Bonchev–Trinajstić information content (AvgIpc) is 2.03. The molecule has 0 unspecified atom stereocenters. The van der Waals surface area contributed by atoms with Crippen molar-refractivity contribution in [1.82, 2.24) is 0 Å². The average molecular weight is 139 g/mol. The summed E-state index contributed by atoms with van der Waals surface area (Å²) in [5.74, 6) is 0.343. The summed E-state index contributed by atoms with van der Waals surface area (Å²) in [4.78, 5) is 10.2. The smallest absolute Gasteiger partial charge is 0.132 e. The molecular weight excluding hydrogens is 126 g/mol. The van der Waals surface area contributed by atoms with E-state index in [0.29, 0.717) is 18.6 Å². The lowest BCUT2D eigenvalue weighted by Crippen LogP contribution is -1.88. The minimum absolute atomic E-state index is 0.343. The molecule has 0 aliphatic carbocycles. The summed E-state index contributed by atoms with van der Waals surface area (Å²) in [6, 6.07) is 1.69. The molecule has 0 rings (SSSR count). The second-order valence-electron chi connectivity index (χ2n) is 1.58. The van der Waals surface area contributed by atoms with E-state index in [1.54, 1.807) is 6.07 Å². The third kappa shape index (κ3) is 15.8. The van der Waals surface area contributed by atoms with Gasteiger partial charge in [-0.25, -0.2) is 0 Å². The van der Waals surface area contributed by atoms with Crippen LogP contribution >= 0.6 is 0 Å². The number of hydrogen-bond donors (Lipinski definition) is 0. The first-order chi connectivity index (χ1) is 4.72. The fourth-order valence-electron chi connectivity index (χ4n) is 0.250. The largest absolute Gasteiger partial charge is 0.300 e. The SMILES string of the molecule is C=CC#N.CCC(=O)CC. The highest BCUT2D eigenvalue weighted by atomic mass is 16.1. The van der Waals surface area contributed by atoms with Crippen molar-refractivity contribution in [2.75, 3.05) is 0 Å². The van der Waals surface area contributed by atoms with Gasteiger partial charge < -0.3 is 0 Å². The van der Waals surface area contributed by atoms with Crippen molar-refractivity contribution in [3.05, 3.63) is 12.7 Å². The van der Waals surface area contributed by atoms with Crippen molar-refractivity contribution in [3.8, 4) is 6.07 Å². The molecule has 0 aliphatic heterocycles. The second kappa shape index (κ2) is 10.8. The molecule has 0 spiro atoms. The van der Waals surface area contributed by atoms with E-state index in [1.807, 2.05) is 13.8 Å².